The zero-order valence-electron chi connectivity index (χ0n) is 40.6. The van der Waals surface area contributed by atoms with Gasteiger partial charge in [0.15, 0.2) is 29.8 Å². The van der Waals surface area contributed by atoms with Crippen LogP contribution >= 0.6 is 22.5 Å². The molecule has 0 aromatic carbocycles. The summed E-state index contributed by atoms with van der Waals surface area (Å²) < 4.78 is 40.8. The lowest BCUT2D eigenvalue weighted by molar-refractivity contribution is 0.486. The third-order valence-electron chi connectivity index (χ3n) is 6.53. The van der Waals surface area contributed by atoms with Crippen LogP contribution in [-0.4, -0.2) is 178 Å². The van der Waals surface area contributed by atoms with Crippen LogP contribution in [0.15, 0.2) is 67.6 Å². The first kappa shape index (κ1) is 61.0. The fraction of sp³-hybridized carbons (Fsp3) is 0.533. The maximum atomic E-state index is 9.45. The van der Waals surface area contributed by atoms with Crippen molar-refractivity contribution in [3.63, 3.8) is 0 Å². The first-order valence-electron chi connectivity index (χ1n) is 18.7. The van der Waals surface area contributed by atoms with Crippen LogP contribution in [0.2, 0.25) is 0 Å². The van der Waals surface area contributed by atoms with Crippen molar-refractivity contribution < 1.29 is 0 Å². The molecule has 0 fully saturated rings. The molecule has 0 aromatic heterocycles. The highest BCUT2D eigenvalue weighted by atomic mass is 31.2. The molecule has 33 nitrogen and oxygen atoms in total. The number of guanidine groups is 9. The van der Waals surface area contributed by atoms with E-state index in [1.165, 1.54) is 6.92 Å². The Labute approximate surface area is 386 Å². The molecule has 0 saturated heterocycles. The second-order valence-electron chi connectivity index (χ2n) is 14.3. The topological polar surface area (TPSA) is 533 Å². The van der Waals surface area contributed by atoms with Crippen LogP contribution in [0.25, 0.3) is 0 Å². The summed E-state index contributed by atoms with van der Waals surface area (Å²) in [5.41, 5.74) is 54.2. The normalized spacial score (nSPS) is 13.7. The number of hydrogen-bond acceptors (Lipinski definition) is 3. The fourth-order valence-electron chi connectivity index (χ4n) is 3.60. The summed E-state index contributed by atoms with van der Waals surface area (Å²) in [6.07, 6.45) is 0. The summed E-state index contributed by atoms with van der Waals surface area (Å²) in [6, 6.07) is 0. The molecule has 0 radical (unpaired) electrons. The highest BCUT2D eigenvalue weighted by Crippen LogP contribution is 2.67. The van der Waals surface area contributed by atoms with Gasteiger partial charge in [0.2, 0.25) is 11.9 Å². The van der Waals surface area contributed by atoms with Crippen molar-refractivity contribution in [2.75, 3.05) is 70.5 Å². The van der Waals surface area contributed by atoms with Gasteiger partial charge in [-0.15, -0.1) is 0 Å². The van der Waals surface area contributed by atoms with E-state index in [2.05, 4.69) is 44.6 Å². The van der Waals surface area contributed by atoms with Crippen molar-refractivity contribution in [1.29, 1.82) is 15.7 Å². The van der Waals surface area contributed by atoms with Crippen molar-refractivity contribution >= 4 is 105 Å². The third kappa shape index (κ3) is 25.8. The number of nitrogens with zero attached hydrogens (tertiary/aromatic N) is 19. The molecule has 1 atom stereocenters. The van der Waals surface area contributed by atoms with Gasteiger partial charge in [-0.25, -0.2) is 9.76 Å². The second kappa shape index (κ2) is 27.3. The molecule has 0 saturated carbocycles. The van der Waals surface area contributed by atoms with Gasteiger partial charge in [-0.2, -0.15) is 57.8 Å². The molecule has 0 amide bonds. The summed E-state index contributed by atoms with van der Waals surface area (Å²) >= 11 is 0. The minimum absolute atomic E-state index is 0.0284. The largest absolute Gasteiger partial charge is 0.387 e. The summed E-state index contributed by atoms with van der Waals surface area (Å²) in [6.45, 7) is 10.8. The smallest absolute Gasteiger partial charge is 0.311 e. The Bertz CT molecular complexity index is 2120. The van der Waals surface area contributed by atoms with E-state index >= 15 is 0 Å². The second-order valence-corrected chi connectivity index (χ2v) is 19.9. The number of nitrogens with two attached hydrogens (primary N) is 10. The van der Waals surface area contributed by atoms with Crippen LogP contribution in [0.4, 0.5) is 0 Å². The first-order valence-corrected chi connectivity index (χ1v) is 23.6. The van der Waals surface area contributed by atoms with Gasteiger partial charge < -0.3 is 81.8 Å². The molecule has 0 aliphatic carbocycles. The van der Waals surface area contributed by atoms with Gasteiger partial charge in [-0.3, -0.25) is 21.0 Å². The van der Waals surface area contributed by atoms with E-state index in [9.17, 15) is 5.16 Å². The lowest BCUT2D eigenvalue weighted by Crippen LogP contribution is -2.35. The van der Waals surface area contributed by atoms with E-state index < -0.39 is 70.2 Å². The van der Waals surface area contributed by atoms with Gasteiger partial charge in [0.25, 0.3) is 11.9 Å². The van der Waals surface area contributed by atoms with Crippen LogP contribution in [0.1, 0.15) is 41.5 Å². The van der Waals surface area contributed by atoms with Crippen LogP contribution in [0.5, 0.6) is 0 Å². The van der Waals surface area contributed by atoms with Crippen molar-refractivity contribution in [2.45, 2.75) is 41.5 Å². The summed E-state index contributed by atoms with van der Waals surface area (Å²) in [7, 11) is 8.02. The SMILES string of the molecule is CC(C)=NP(N=C(C)N(C)C)(N=C(C)N(C)C)=NP(=N)(N=C(C)N(C)C)N=C(N(C)C)N(C)C.CC(N)=NC(=NP(=N)(N=C(N=C(N)N)N=C(N)N)N=C(N=C(N)N)N=C(N)N)NC(=N)N. The highest BCUT2D eigenvalue weighted by Gasteiger charge is 2.28. The molecule has 0 rings (SSSR count). The van der Waals surface area contributed by atoms with Gasteiger partial charge >= 0.3 is 22.5 Å². The maximum Gasteiger partial charge on any atom is 0.311 e. The van der Waals surface area contributed by atoms with E-state index in [4.69, 9.17) is 96.2 Å². The van der Waals surface area contributed by atoms with Crippen molar-refractivity contribution in [3.8, 4) is 0 Å². The van der Waals surface area contributed by atoms with Crippen molar-refractivity contribution in [1.82, 2.24) is 29.8 Å². The Kier molecular flexibility index (Phi) is 25.2. The Morgan fingerprint density at radius 1 is 0.424 bits per heavy atom. The van der Waals surface area contributed by atoms with Gasteiger partial charge in [0.1, 0.15) is 17.5 Å². The molecular weight excluding hydrogens is 915 g/mol. The minimum atomic E-state index is -4.21. The number of aliphatic imine (C=N–C) groups is 5. The van der Waals surface area contributed by atoms with E-state index in [-0.39, 0.29) is 5.84 Å². The maximum absolute atomic E-state index is 9.45. The lowest BCUT2D eigenvalue weighted by Gasteiger charge is -2.26. The van der Waals surface area contributed by atoms with Gasteiger partial charge in [-0.05, 0) is 41.5 Å². The van der Waals surface area contributed by atoms with Crippen LogP contribution in [-0.2, 0) is 0 Å². The van der Waals surface area contributed by atoms with E-state index in [0.717, 1.165) is 5.71 Å². The monoisotopic (exact) mass is 988 g/mol. The zero-order chi connectivity index (χ0) is 52.1. The number of hydrogen-bond donors (Lipinski definition) is 14. The fourth-order valence-corrected chi connectivity index (χ4v) is 9.95. The van der Waals surface area contributed by atoms with E-state index in [0.29, 0.717) is 23.5 Å². The molecule has 0 spiro atoms. The highest BCUT2D eigenvalue weighted by molar-refractivity contribution is 7.73. The molecule has 0 heterocycles. The summed E-state index contributed by atoms with van der Waals surface area (Å²) in [4.78, 5) is 27.5. The standard InChI is InChI=1S/C20H46N12P2.C10H26N21P/c1-16(2)22-34(24-18(4)29(8)9,25-19(5)30(10)11)27-33(21,23-17(3)28(6)7)26-20(31(12)13)32(14)15;1-2(11)23-8(24-3(12)13)29-32(22,30-9(25-4(14)15)26-5(16)17)31-10(27-6(18)19)28-7(20)21/h21H,1-15H3;1H3,(H23,11,12,13,14,15,16,17,18,19,20,21,22,23,24,25,26,27,28,29,30,31). The molecule has 0 bridgehead atoms. The van der Waals surface area contributed by atoms with Crippen LogP contribution in [0.3, 0.4) is 0 Å². The number of amidine groups is 4. The average molecular weight is 988 g/mol. The molecule has 24 N–H and O–H groups in total. The molecule has 36 heteroatoms. The number of rotatable bonds is 9. The van der Waals surface area contributed by atoms with Crippen LogP contribution < -0.4 is 62.7 Å². The molecule has 0 aliphatic heterocycles. The minimum Gasteiger partial charge on any atom is -0.387 e. The van der Waals surface area contributed by atoms with E-state index in [1.54, 1.807) is 0 Å². The van der Waals surface area contributed by atoms with Gasteiger partial charge in [0, 0.05) is 76.2 Å². The Hall–Kier alpha value is -7.13. The van der Waals surface area contributed by atoms with Gasteiger partial charge in [0.05, 0.1) is 5.84 Å². The Morgan fingerprint density at radius 3 is 1.05 bits per heavy atom. The number of nitrogens with one attached hydrogen (secondary N) is 4. The van der Waals surface area contributed by atoms with Gasteiger partial charge in [-0.1, -0.05) is 0 Å². The zero-order valence-corrected chi connectivity index (χ0v) is 43.3. The average Bonchev–Trinajstić information content (AvgIpc) is 3.07. The molecule has 66 heavy (non-hydrogen) atoms. The summed E-state index contributed by atoms with van der Waals surface area (Å²) in [5, 5.41) is 27.7. The van der Waals surface area contributed by atoms with Crippen molar-refractivity contribution in [2.24, 2.45) is 125 Å². The Balaban J connectivity index is 0. The Morgan fingerprint density at radius 2 is 0.773 bits per heavy atom. The predicted octanol–water partition coefficient (Wildman–Crippen LogP) is -1.11. The lowest BCUT2D eigenvalue weighted by atomic mass is 10.5. The first-order chi connectivity index (χ1) is 30.0. The molecule has 372 valence electrons. The van der Waals surface area contributed by atoms with Crippen molar-refractivity contribution in [3.05, 3.63) is 0 Å². The molecule has 0 aromatic rings. The summed E-state index contributed by atoms with van der Waals surface area (Å²) in [5.74, 6) is -1.70. The van der Waals surface area contributed by atoms with Crippen LogP contribution in [0, 0.1) is 15.7 Å². The third-order valence-corrected chi connectivity index (χ3v) is 12.7. The molecule has 0 aliphatic rings. The predicted molar refractivity (Wildman–Crippen MR) is 280 cm³/mol. The van der Waals surface area contributed by atoms with E-state index in [1.807, 2.05) is 130 Å². The molecule has 1 unspecified atom stereocenters. The quantitative estimate of drug-likeness (QED) is 0.0740. The molecular formula is C30H72N33P3.